The number of aryl methyl sites for hydroxylation is 1. The second kappa shape index (κ2) is 5.46. The molecule has 0 radical (unpaired) electrons. The van der Waals surface area contributed by atoms with Crippen LogP contribution in [0.2, 0.25) is 5.15 Å². The molecule has 1 aromatic heterocycles. The third-order valence-electron chi connectivity index (χ3n) is 2.47. The molecule has 1 heterocycles. The Morgan fingerprint density at radius 2 is 2.21 bits per heavy atom. The molecule has 0 saturated carbocycles. The second-order valence-corrected chi connectivity index (χ2v) is 4.18. The molecule has 1 amide bonds. The van der Waals surface area contributed by atoms with Gasteiger partial charge < -0.3 is 5.32 Å². The predicted octanol–water partition coefficient (Wildman–Crippen LogP) is 2.56. The van der Waals surface area contributed by atoms with Crippen molar-refractivity contribution in [2.75, 3.05) is 5.32 Å². The van der Waals surface area contributed by atoms with Gasteiger partial charge >= 0.3 is 0 Å². The fourth-order valence-electron chi connectivity index (χ4n) is 1.56. The van der Waals surface area contributed by atoms with Gasteiger partial charge in [-0.3, -0.25) is 9.78 Å². The summed E-state index contributed by atoms with van der Waals surface area (Å²) in [5.74, 6) is -0.461. The van der Waals surface area contributed by atoms with Crippen molar-refractivity contribution in [3.8, 4) is 6.07 Å². The van der Waals surface area contributed by atoms with Gasteiger partial charge in [0.15, 0.2) is 0 Å². The molecule has 2 rings (SSSR count). The molecular weight excluding hydrogens is 264 g/mol. The second-order valence-electron chi connectivity index (χ2n) is 3.79. The summed E-state index contributed by atoms with van der Waals surface area (Å²) in [6.07, 6.45) is 2.65. The molecule has 0 atom stereocenters. The Bertz CT molecular complexity index is 679. The van der Waals surface area contributed by atoms with E-state index in [0.29, 0.717) is 11.3 Å². The van der Waals surface area contributed by atoms with Gasteiger partial charge in [0.1, 0.15) is 16.9 Å². The highest BCUT2D eigenvalue weighted by molar-refractivity contribution is 6.29. The smallest absolute Gasteiger partial charge is 0.275 e. The lowest BCUT2D eigenvalue weighted by Gasteiger charge is -2.08. The predicted molar refractivity (Wildman–Crippen MR) is 70.9 cm³/mol. The Labute approximate surface area is 114 Å². The number of nitrogens with zero attached hydrogens (tertiary/aromatic N) is 3. The number of hydrogen-bond donors (Lipinski definition) is 1. The highest BCUT2D eigenvalue weighted by Crippen LogP contribution is 2.19. The molecule has 0 aliphatic heterocycles. The van der Waals surface area contributed by atoms with E-state index in [1.807, 2.05) is 0 Å². The monoisotopic (exact) mass is 272 g/mol. The first-order valence-electron chi connectivity index (χ1n) is 5.40. The van der Waals surface area contributed by atoms with Crippen molar-refractivity contribution in [3.63, 3.8) is 0 Å². The quantitative estimate of drug-likeness (QED) is 0.911. The molecule has 2 aromatic rings. The van der Waals surface area contributed by atoms with Gasteiger partial charge in [-0.05, 0) is 18.6 Å². The molecule has 19 heavy (non-hydrogen) atoms. The normalized spacial score (nSPS) is 9.74. The zero-order valence-corrected chi connectivity index (χ0v) is 10.8. The highest BCUT2D eigenvalue weighted by atomic mass is 35.5. The minimum atomic E-state index is -0.461. The molecule has 0 spiro atoms. The number of benzene rings is 1. The van der Waals surface area contributed by atoms with E-state index in [1.165, 1.54) is 12.4 Å². The number of aromatic nitrogens is 2. The Balaban J connectivity index is 2.30. The van der Waals surface area contributed by atoms with E-state index in [1.54, 1.807) is 25.1 Å². The van der Waals surface area contributed by atoms with Gasteiger partial charge in [0, 0.05) is 0 Å². The van der Waals surface area contributed by atoms with Crippen molar-refractivity contribution < 1.29 is 4.79 Å². The molecule has 94 valence electrons. The van der Waals surface area contributed by atoms with Crippen LogP contribution in [0.15, 0.2) is 30.6 Å². The number of rotatable bonds is 2. The lowest BCUT2D eigenvalue weighted by atomic mass is 10.1. The number of nitriles is 1. The van der Waals surface area contributed by atoms with Gasteiger partial charge in [-0.2, -0.15) is 5.26 Å². The zero-order valence-electron chi connectivity index (χ0n) is 10.0. The lowest BCUT2D eigenvalue weighted by Crippen LogP contribution is -2.15. The molecule has 0 bridgehead atoms. The largest absolute Gasteiger partial charge is 0.319 e. The van der Waals surface area contributed by atoms with Gasteiger partial charge in [0.05, 0.1) is 23.6 Å². The molecule has 0 unspecified atom stereocenters. The van der Waals surface area contributed by atoms with Gasteiger partial charge in [0.2, 0.25) is 0 Å². The maximum Gasteiger partial charge on any atom is 0.275 e. The van der Waals surface area contributed by atoms with Crippen LogP contribution in [0.5, 0.6) is 0 Å². The van der Waals surface area contributed by atoms with E-state index < -0.39 is 5.91 Å². The standard InChI is InChI=1S/C13H9ClN4O/c1-8-3-2-4-10(9(8)5-15)18-13(19)11-6-16-7-12(14)17-11/h2-4,6-7H,1H3,(H,18,19). The van der Waals surface area contributed by atoms with E-state index in [4.69, 9.17) is 16.9 Å². The van der Waals surface area contributed by atoms with Gasteiger partial charge in [-0.1, -0.05) is 23.7 Å². The Hall–Kier alpha value is -2.45. The fraction of sp³-hybridized carbons (Fsp3) is 0.0769. The molecule has 1 N–H and O–H groups in total. The first-order chi connectivity index (χ1) is 9.11. The number of carbonyl (C=O) groups is 1. The van der Waals surface area contributed by atoms with E-state index in [-0.39, 0.29) is 10.8 Å². The minimum absolute atomic E-state index is 0.0953. The summed E-state index contributed by atoms with van der Waals surface area (Å²) in [5, 5.41) is 11.8. The Morgan fingerprint density at radius 1 is 1.42 bits per heavy atom. The number of hydrogen-bond acceptors (Lipinski definition) is 4. The van der Waals surface area contributed by atoms with Crippen LogP contribution in [0.1, 0.15) is 21.6 Å². The van der Waals surface area contributed by atoms with Crippen molar-refractivity contribution >= 4 is 23.2 Å². The maximum absolute atomic E-state index is 12.0. The molecule has 6 heteroatoms. The van der Waals surface area contributed by atoms with Crippen molar-refractivity contribution in [1.82, 2.24) is 9.97 Å². The topological polar surface area (TPSA) is 78.7 Å². The van der Waals surface area contributed by atoms with Crippen LogP contribution in [0, 0.1) is 18.3 Å². The van der Waals surface area contributed by atoms with Gasteiger partial charge in [-0.15, -0.1) is 0 Å². The molecule has 0 aliphatic carbocycles. The van der Waals surface area contributed by atoms with Crippen molar-refractivity contribution in [3.05, 3.63) is 52.6 Å². The van der Waals surface area contributed by atoms with Crippen LogP contribution in [-0.4, -0.2) is 15.9 Å². The fourth-order valence-corrected chi connectivity index (χ4v) is 1.71. The van der Waals surface area contributed by atoms with Crippen LogP contribution < -0.4 is 5.32 Å². The first-order valence-corrected chi connectivity index (χ1v) is 5.78. The van der Waals surface area contributed by atoms with Crippen LogP contribution in [-0.2, 0) is 0 Å². The summed E-state index contributed by atoms with van der Waals surface area (Å²) in [7, 11) is 0. The van der Waals surface area contributed by atoms with Crippen molar-refractivity contribution in [2.24, 2.45) is 0 Å². The number of anilines is 1. The lowest BCUT2D eigenvalue weighted by molar-refractivity contribution is 0.102. The molecule has 0 saturated heterocycles. The van der Waals surface area contributed by atoms with E-state index >= 15 is 0 Å². The number of carbonyl (C=O) groups excluding carboxylic acids is 1. The third kappa shape index (κ3) is 2.87. The third-order valence-corrected chi connectivity index (χ3v) is 2.65. The highest BCUT2D eigenvalue weighted by Gasteiger charge is 2.12. The minimum Gasteiger partial charge on any atom is -0.319 e. The Kier molecular flexibility index (Phi) is 3.74. The van der Waals surface area contributed by atoms with Crippen LogP contribution >= 0.6 is 11.6 Å². The summed E-state index contributed by atoms with van der Waals surface area (Å²) in [4.78, 5) is 19.6. The number of nitrogens with one attached hydrogen (secondary N) is 1. The average Bonchev–Trinajstić information content (AvgIpc) is 2.39. The molecule has 0 aliphatic rings. The maximum atomic E-state index is 12.0. The SMILES string of the molecule is Cc1cccc(NC(=O)c2cncc(Cl)n2)c1C#N. The van der Waals surface area contributed by atoms with Crippen LogP contribution in [0.25, 0.3) is 0 Å². The number of amides is 1. The van der Waals surface area contributed by atoms with Crippen LogP contribution in [0.3, 0.4) is 0 Å². The average molecular weight is 273 g/mol. The number of halogens is 1. The van der Waals surface area contributed by atoms with Gasteiger partial charge in [0.25, 0.3) is 5.91 Å². The molecule has 5 nitrogen and oxygen atoms in total. The van der Waals surface area contributed by atoms with Crippen molar-refractivity contribution in [1.29, 1.82) is 5.26 Å². The summed E-state index contributed by atoms with van der Waals surface area (Å²) in [6.45, 7) is 1.80. The summed E-state index contributed by atoms with van der Waals surface area (Å²) in [5.41, 5.74) is 1.75. The van der Waals surface area contributed by atoms with E-state index in [9.17, 15) is 4.79 Å². The molecule has 1 aromatic carbocycles. The van der Waals surface area contributed by atoms with Gasteiger partial charge in [-0.25, -0.2) is 4.98 Å². The molecule has 0 fully saturated rings. The Morgan fingerprint density at radius 3 is 2.89 bits per heavy atom. The molecular formula is C13H9ClN4O. The zero-order chi connectivity index (χ0) is 13.8. The van der Waals surface area contributed by atoms with E-state index in [2.05, 4.69) is 21.4 Å². The summed E-state index contributed by atoms with van der Waals surface area (Å²) >= 11 is 5.67. The first kappa shape index (κ1) is 13.0. The summed E-state index contributed by atoms with van der Waals surface area (Å²) in [6, 6.07) is 7.27. The summed E-state index contributed by atoms with van der Waals surface area (Å²) < 4.78 is 0. The van der Waals surface area contributed by atoms with Crippen molar-refractivity contribution in [2.45, 2.75) is 6.92 Å². The van der Waals surface area contributed by atoms with Crippen LogP contribution in [0.4, 0.5) is 5.69 Å². The van der Waals surface area contributed by atoms with E-state index in [0.717, 1.165) is 5.56 Å².